The average molecular weight is 386 g/mol. The molecule has 134 valence electrons. The molecule has 0 heterocycles. The monoisotopic (exact) mass is 386 g/mol. The van der Waals surface area contributed by atoms with E-state index >= 15 is 0 Å². The highest BCUT2D eigenvalue weighted by Crippen LogP contribution is 2.38. The van der Waals surface area contributed by atoms with E-state index in [0.29, 0.717) is 0 Å². The zero-order valence-corrected chi connectivity index (χ0v) is 12.6. The summed E-state index contributed by atoms with van der Waals surface area (Å²) in [7, 11) is 0. The quantitative estimate of drug-likeness (QED) is 0.421. The molecular formula is C14H6F8N2S. The first-order valence-electron chi connectivity index (χ1n) is 6.29. The number of rotatable bonds is 2. The molecule has 0 spiro atoms. The minimum atomic E-state index is -5.64. The maximum absolute atomic E-state index is 13.7. The second-order valence-corrected chi connectivity index (χ2v) is 5.00. The molecule has 11 heteroatoms. The minimum Gasteiger partial charge on any atom is -0.332 e. The van der Waals surface area contributed by atoms with Crippen molar-refractivity contribution in [3.8, 4) is 0 Å². The van der Waals surface area contributed by atoms with Crippen molar-refractivity contribution in [3.05, 3.63) is 58.9 Å². The first-order valence-corrected chi connectivity index (χ1v) is 6.70. The van der Waals surface area contributed by atoms with Gasteiger partial charge < -0.3 is 10.6 Å². The molecule has 0 bridgehead atoms. The molecule has 0 unspecified atom stereocenters. The summed E-state index contributed by atoms with van der Waals surface area (Å²) in [6.45, 7) is 0. The number of hydrogen-bond acceptors (Lipinski definition) is 1. The third kappa shape index (κ3) is 3.98. The lowest BCUT2D eigenvalue weighted by Crippen LogP contribution is -2.23. The molecule has 0 saturated carbocycles. The lowest BCUT2D eigenvalue weighted by Gasteiger charge is -2.16. The van der Waals surface area contributed by atoms with Crippen LogP contribution in [0.4, 0.5) is 46.5 Å². The van der Waals surface area contributed by atoms with Crippen LogP contribution in [0.25, 0.3) is 0 Å². The van der Waals surface area contributed by atoms with E-state index in [0.717, 1.165) is 12.1 Å². The molecule has 0 aromatic heterocycles. The number of thiocarbonyl (C=S) groups is 1. The third-order valence-corrected chi connectivity index (χ3v) is 3.07. The van der Waals surface area contributed by atoms with Gasteiger partial charge in [0.05, 0.1) is 0 Å². The molecule has 2 aromatic carbocycles. The van der Waals surface area contributed by atoms with Gasteiger partial charge in [0.25, 0.3) is 0 Å². The van der Waals surface area contributed by atoms with Crippen molar-refractivity contribution in [2.45, 2.75) is 6.18 Å². The van der Waals surface area contributed by atoms with E-state index in [1.54, 1.807) is 5.32 Å². The molecule has 0 aliphatic heterocycles. The van der Waals surface area contributed by atoms with Crippen LogP contribution in [0.15, 0.2) is 24.3 Å². The van der Waals surface area contributed by atoms with E-state index in [9.17, 15) is 35.1 Å². The lowest BCUT2D eigenvalue weighted by atomic mass is 10.1. The van der Waals surface area contributed by atoms with Crippen LogP contribution in [0.3, 0.4) is 0 Å². The van der Waals surface area contributed by atoms with Gasteiger partial charge in [-0.3, -0.25) is 0 Å². The van der Waals surface area contributed by atoms with E-state index in [1.165, 1.54) is 12.1 Å². The van der Waals surface area contributed by atoms with Gasteiger partial charge in [-0.05, 0) is 30.4 Å². The van der Waals surface area contributed by atoms with Crippen LogP contribution >= 0.6 is 12.2 Å². The van der Waals surface area contributed by atoms with Crippen LogP contribution in [0.2, 0.25) is 0 Å². The Hall–Kier alpha value is -2.43. The zero-order chi connectivity index (χ0) is 18.9. The van der Waals surface area contributed by atoms with Gasteiger partial charge in [-0.25, -0.2) is 22.0 Å². The van der Waals surface area contributed by atoms with Gasteiger partial charge in [0, 0.05) is 5.69 Å². The third-order valence-electron chi connectivity index (χ3n) is 2.87. The number of nitrogens with one attached hydrogen (secondary N) is 2. The smallest absolute Gasteiger partial charge is 0.332 e. The second-order valence-electron chi connectivity index (χ2n) is 4.59. The highest BCUT2D eigenvalue weighted by atomic mass is 32.1. The van der Waals surface area contributed by atoms with Crippen LogP contribution in [0, 0.1) is 29.1 Å². The largest absolute Gasteiger partial charge is 0.422 e. The maximum atomic E-state index is 13.7. The first kappa shape index (κ1) is 18.9. The Bertz CT molecular complexity index is 805. The van der Waals surface area contributed by atoms with Crippen molar-refractivity contribution < 1.29 is 35.1 Å². The average Bonchev–Trinajstić information content (AvgIpc) is 2.48. The predicted octanol–water partition coefficient (Wildman–Crippen LogP) is 5.21. The van der Waals surface area contributed by atoms with Gasteiger partial charge in [-0.15, -0.1) is 0 Å². The number of halogens is 8. The molecule has 0 aliphatic rings. The lowest BCUT2D eigenvalue weighted by molar-refractivity contribution is -0.143. The molecule has 2 rings (SSSR count). The highest BCUT2D eigenvalue weighted by molar-refractivity contribution is 7.80. The van der Waals surface area contributed by atoms with E-state index in [2.05, 4.69) is 17.5 Å². The molecule has 0 saturated heterocycles. The fraction of sp³-hybridized carbons (Fsp3) is 0.0714. The standard InChI is InChI=1S/C14H6F8N2S/c15-5-2-1-3-6(4-5)23-13(25)24-12-10(18)8(16)7(14(20,21)22)9(17)11(12)19/h1-4H,(H2,23,24,25). The van der Waals surface area contributed by atoms with Crippen molar-refractivity contribution in [1.82, 2.24) is 0 Å². The van der Waals surface area contributed by atoms with E-state index in [1.807, 2.05) is 0 Å². The topological polar surface area (TPSA) is 24.1 Å². The summed E-state index contributed by atoms with van der Waals surface area (Å²) in [5.74, 6) is -10.6. The van der Waals surface area contributed by atoms with Gasteiger partial charge in [0.15, 0.2) is 28.4 Å². The van der Waals surface area contributed by atoms with Gasteiger partial charge >= 0.3 is 6.18 Å². The number of hydrogen-bond donors (Lipinski definition) is 2. The Balaban J connectivity index is 2.36. The van der Waals surface area contributed by atoms with Crippen molar-refractivity contribution in [2.24, 2.45) is 0 Å². The summed E-state index contributed by atoms with van der Waals surface area (Å²) in [6, 6.07) is 4.59. The Kier molecular flexibility index (Phi) is 5.16. The highest BCUT2D eigenvalue weighted by Gasteiger charge is 2.42. The fourth-order valence-electron chi connectivity index (χ4n) is 1.83. The maximum Gasteiger partial charge on any atom is 0.422 e. The van der Waals surface area contributed by atoms with Crippen molar-refractivity contribution in [3.63, 3.8) is 0 Å². The predicted molar refractivity (Wildman–Crippen MR) is 77.5 cm³/mol. The van der Waals surface area contributed by atoms with Crippen LogP contribution in [-0.4, -0.2) is 5.11 Å². The molecule has 0 fully saturated rings. The summed E-state index contributed by atoms with van der Waals surface area (Å²) in [6.07, 6.45) is -5.64. The van der Waals surface area contributed by atoms with Gasteiger partial charge in [0.1, 0.15) is 17.1 Å². The first-order chi connectivity index (χ1) is 11.5. The van der Waals surface area contributed by atoms with Crippen molar-refractivity contribution >= 4 is 28.7 Å². The number of alkyl halides is 3. The molecule has 0 radical (unpaired) electrons. The second kappa shape index (κ2) is 6.82. The Morgan fingerprint density at radius 1 is 0.840 bits per heavy atom. The molecule has 2 aromatic rings. The normalized spacial score (nSPS) is 11.4. The Labute approximate surface area is 140 Å². The molecule has 25 heavy (non-hydrogen) atoms. The summed E-state index contributed by atoms with van der Waals surface area (Å²) in [4.78, 5) is 0. The molecule has 0 amide bonds. The zero-order valence-electron chi connectivity index (χ0n) is 11.7. The summed E-state index contributed by atoms with van der Waals surface area (Å²) in [5.41, 5.74) is -4.24. The van der Waals surface area contributed by atoms with Gasteiger partial charge in [0.2, 0.25) is 0 Å². The van der Waals surface area contributed by atoms with E-state index in [4.69, 9.17) is 0 Å². The minimum absolute atomic E-state index is 0.0196. The fourth-order valence-corrected chi connectivity index (χ4v) is 2.05. The summed E-state index contributed by atoms with van der Waals surface area (Å²) < 4.78 is 105. The van der Waals surface area contributed by atoms with Crippen molar-refractivity contribution in [2.75, 3.05) is 10.6 Å². The summed E-state index contributed by atoms with van der Waals surface area (Å²) >= 11 is 4.63. The Morgan fingerprint density at radius 3 is 1.88 bits per heavy atom. The number of anilines is 2. The SMILES string of the molecule is Fc1cccc(NC(=S)Nc2c(F)c(F)c(C(F)(F)F)c(F)c2F)c1. The van der Waals surface area contributed by atoms with Crippen LogP contribution in [0.5, 0.6) is 0 Å². The van der Waals surface area contributed by atoms with Crippen LogP contribution in [0.1, 0.15) is 5.56 Å². The van der Waals surface area contributed by atoms with E-state index in [-0.39, 0.29) is 5.69 Å². The molecule has 2 N–H and O–H groups in total. The molecule has 0 aliphatic carbocycles. The summed E-state index contributed by atoms with van der Waals surface area (Å²) in [5, 5.41) is 3.32. The van der Waals surface area contributed by atoms with E-state index < -0.39 is 51.6 Å². The van der Waals surface area contributed by atoms with Crippen molar-refractivity contribution in [1.29, 1.82) is 0 Å². The molecule has 2 nitrogen and oxygen atoms in total. The Morgan fingerprint density at radius 2 is 1.40 bits per heavy atom. The number of benzene rings is 2. The molecule has 0 atom stereocenters. The molecular weight excluding hydrogens is 380 g/mol. The van der Waals surface area contributed by atoms with Gasteiger partial charge in [-0.2, -0.15) is 13.2 Å². The van der Waals surface area contributed by atoms with Gasteiger partial charge in [-0.1, -0.05) is 6.07 Å². The van der Waals surface area contributed by atoms with Crippen LogP contribution < -0.4 is 10.6 Å². The van der Waals surface area contributed by atoms with Crippen LogP contribution in [-0.2, 0) is 6.18 Å².